The second-order valence-electron chi connectivity index (χ2n) is 3.66. The third-order valence-electron chi connectivity index (χ3n) is 2.09. The highest BCUT2D eigenvalue weighted by molar-refractivity contribution is 9.10. The normalized spacial score (nSPS) is 10.9. The maximum Gasteiger partial charge on any atom is 0.407 e. The van der Waals surface area contributed by atoms with E-state index in [2.05, 4.69) is 21.2 Å². The molecule has 1 aromatic carbocycles. The first-order valence-electron chi connectivity index (χ1n) is 4.62. The van der Waals surface area contributed by atoms with Crippen molar-refractivity contribution in [2.75, 3.05) is 7.05 Å². The zero-order valence-corrected chi connectivity index (χ0v) is 10.6. The van der Waals surface area contributed by atoms with Gasteiger partial charge in [-0.15, -0.1) is 0 Å². The molecule has 0 atom stereocenters. The Balaban J connectivity index is 2.85. The van der Waals surface area contributed by atoms with Crippen LogP contribution in [0, 0.1) is 0 Å². The molecule has 0 saturated heterocycles. The van der Waals surface area contributed by atoms with Crippen LogP contribution in [0.4, 0.5) is 4.79 Å². The zero-order valence-electron chi connectivity index (χ0n) is 9.00. The van der Waals surface area contributed by atoms with Gasteiger partial charge in [0.2, 0.25) is 0 Å². The van der Waals surface area contributed by atoms with Crippen molar-refractivity contribution in [2.45, 2.75) is 19.4 Å². The largest absolute Gasteiger partial charge is 0.439 e. The Bertz CT molecular complexity index is 346. The summed E-state index contributed by atoms with van der Waals surface area (Å²) in [4.78, 5) is 11.1. The van der Waals surface area contributed by atoms with Crippen molar-refractivity contribution < 1.29 is 9.53 Å². The fourth-order valence-electron chi connectivity index (χ4n) is 1.19. The number of halogens is 1. The number of hydrogen-bond acceptors (Lipinski definition) is 2. The molecule has 0 saturated carbocycles. The van der Waals surface area contributed by atoms with Crippen LogP contribution in [0.2, 0.25) is 0 Å². The first kappa shape index (κ1) is 12.0. The Hall–Kier alpha value is -1.03. The quantitative estimate of drug-likeness (QED) is 0.898. The number of benzene rings is 1. The van der Waals surface area contributed by atoms with Gasteiger partial charge in [-0.05, 0) is 31.5 Å². The minimum absolute atomic E-state index is 0.428. The summed E-state index contributed by atoms with van der Waals surface area (Å²) in [5.74, 6) is 0. The molecule has 0 fully saturated rings. The average molecular weight is 272 g/mol. The molecule has 1 rings (SSSR count). The predicted octanol–water partition coefficient (Wildman–Crippen LogP) is 3.04. The maximum absolute atomic E-state index is 11.1. The van der Waals surface area contributed by atoms with E-state index >= 15 is 0 Å². The molecule has 3 nitrogen and oxygen atoms in total. The SMILES string of the molecule is CNC(=O)OC(C)(C)c1ccc(Br)cc1. The number of carbonyl (C=O) groups excluding carboxylic acids is 1. The van der Waals surface area contributed by atoms with Gasteiger partial charge in [0.25, 0.3) is 0 Å². The monoisotopic (exact) mass is 271 g/mol. The van der Waals surface area contributed by atoms with Crippen molar-refractivity contribution >= 4 is 22.0 Å². The summed E-state index contributed by atoms with van der Waals surface area (Å²) in [6.45, 7) is 3.71. The third-order valence-corrected chi connectivity index (χ3v) is 2.62. The van der Waals surface area contributed by atoms with Crippen LogP contribution < -0.4 is 5.32 Å². The molecular formula is C11H14BrNO2. The summed E-state index contributed by atoms with van der Waals surface area (Å²) < 4.78 is 6.25. The number of hydrogen-bond donors (Lipinski definition) is 1. The van der Waals surface area contributed by atoms with E-state index in [1.54, 1.807) is 7.05 Å². The number of alkyl carbamates (subject to hydrolysis) is 1. The molecule has 0 heterocycles. The van der Waals surface area contributed by atoms with Gasteiger partial charge in [-0.2, -0.15) is 0 Å². The molecule has 4 heteroatoms. The Morgan fingerprint density at radius 3 is 2.33 bits per heavy atom. The van der Waals surface area contributed by atoms with Gasteiger partial charge in [0, 0.05) is 11.5 Å². The van der Waals surface area contributed by atoms with E-state index in [1.165, 1.54) is 0 Å². The summed E-state index contributed by atoms with van der Waals surface area (Å²) in [5, 5.41) is 2.43. The number of carbonyl (C=O) groups is 1. The summed E-state index contributed by atoms with van der Waals surface area (Å²) in [6, 6.07) is 7.69. The van der Waals surface area contributed by atoms with E-state index in [9.17, 15) is 4.79 Å². The smallest absolute Gasteiger partial charge is 0.407 e. The number of amides is 1. The molecule has 0 spiro atoms. The highest BCUT2D eigenvalue weighted by atomic mass is 79.9. The van der Waals surface area contributed by atoms with E-state index < -0.39 is 11.7 Å². The van der Waals surface area contributed by atoms with Gasteiger partial charge in [-0.3, -0.25) is 0 Å². The van der Waals surface area contributed by atoms with Crippen molar-refractivity contribution in [3.63, 3.8) is 0 Å². The van der Waals surface area contributed by atoms with Gasteiger partial charge in [-0.1, -0.05) is 28.1 Å². The first-order chi connectivity index (χ1) is 6.95. The number of rotatable bonds is 2. The Morgan fingerprint density at radius 1 is 1.33 bits per heavy atom. The second kappa shape index (κ2) is 4.66. The lowest BCUT2D eigenvalue weighted by Gasteiger charge is -2.25. The van der Waals surface area contributed by atoms with E-state index in [4.69, 9.17) is 4.74 Å². The highest BCUT2D eigenvalue weighted by Crippen LogP contribution is 2.25. The summed E-state index contributed by atoms with van der Waals surface area (Å²) in [5.41, 5.74) is 0.329. The minimum Gasteiger partial charge on any atom is -0.439 e. The maximum atomic E-state index is 11.1. The van der Waals surface area contributed by atoms with Crippen LogP contribution in [-0.2, 0) is 10.3 Å². The summed E-state index contributed by atoms with van der Waals surface area (Å²) in [6.07, 6.45) is -0.428. The predicted molar refractivity (Wildman–Crippen MR) is 62.7 cm³/mol. The van der Waals surface area contributed by atoms with Crippen LogP contribution in [-0.4, -0.2) is 13.1 Å². The third kappa shape index (κ3) is 3.23. The van der Waals surface area contributed by atoms with Crippen LogP contribution in [0.1, 0.15) is 19.4 Å². The van der Waals surface area contributed by atoms with Crippen molar-refractivity contribution in [1.29, 1.82) is 0 Å². The molecule has 0 aromatic heterocycles. The lowest BCUT2D eigenvalue weighted by atomic mass is 9.98. The van der Waals surface area contributed by atoms with Gasteiger partial charge in [-0.25, -0.2) is 4.79 Å². The van der Waals surface area contributed by atoms with E-state index in [1.807, 2.05) is 38.1 Å². The van der Waals surface area contributed by atoms with Crippen molar-refractivity contribution in [2.24, 2.45) is 0 Å². The Labute approximate surface area is 97.9 Å². The topological polar surface area (TPSA) is 38.3 Å². The highest BCUT2D eigenvalue weighted by Gasteiger charge is 2.24. The Morgan fingerprint density at radius 2 is 1.87 bits per heavy atom. The van der Waals surface area contributed by atoms with E-state index in [-0.39, 0.29) is 0 Å². The first-order valence-corrected chi connectivity index (χ1v) is 5.42. The van der Waals surface area contributed by atoms with Crippen LogP contribution in [0.25, 0.3) is 0 Å². The van der Waals surface area contributed by atoms with E-state index in [0.717, 1.165) is 10.0 Å². The fraction of sp³-hybridized carbons (Fsp3) is 0.364. The lowest BCUT2D eigenvalue weighted by Crippen LogP contribution is -2.30. The molecule has 0 aliphatic rings. The molecule has 1 aromatic rings. The molecule has 0 unspecified atom stereocenters. The summed E-state index contributed by atoms with van der Waals surface area (Å²) >= 11 is 3.36. The lowest BCUT2D eigenvalue weighted by molar-refractivity contribution is 0.0377. The van der Waals surface area contributed by atoms with Crippen LogP contribution >= 0.6 is 15.9 Å². The average Bonchev–Trinajstić information content (AvgIpc) is 2.17. The number of ether oxygens (including phenoxy) is 1. The fourth-order valence-corrected chi connectivity index (χ4v) is 1.46. The van der Waals surface area contributed by atoms with Gasteiger partial charge >= 0.3 is 6.09 Å². The van der Waals surface area contributed by atoms with Gasteiger partial charge in [0.15, 0.2) is 0 Å². The molecule has 0 radical (unpaired) electrons. The molecular weight excluding hydrogens is 258 g/mol. The molecule has 1 N–H and O–H groups in total. The van der Waals surface area contributed by atoms with Gasteiger partial charge < -0.3 is 10.1 Å². The zero-order chi connectivity index (χ0) is 11.5. The molecule has 0 aliphatic heterocycles. The standard InChI is InChI=1S/C11H14BrNO2/c1-11(2,15-10(14)13-3)8-4-6-9(12)7-5-8/h4-7H,1-3H3,(H,13,14). The van der Waals surface area contributed by atoms with Crippen molar-refractivity contribution in [3.8, 4) is 0 Å². The molecule has 1 amide bonds. The second-order valence-corrected chi connectivity index (χ2v) is 4.57. The molecule has 0 bridgehead atoms. The molecule has 15 heavy (non-hydrogen) atoms. The summed E-state index contributed by atoms with van der Waals surface area (Å²) in [7, 11) is 1.54. The van der Waals surface area contributed by atoms with Gasteiger partial charge in [0.1, 0.15) is 5.60 Å². The number of nitrogens with one attached hydrogen (secondary N) is 1. The van der Waals surface area contributed by atoms with Crippen LogP contribution in [0.3, 0.4) is 0 Å². The minimum atomic E-state index is -0.624. The molecule has 82 valence electrons. The van der Waals surface area contributed by atoms with Crippen LogP contribution in [0.15, 0.2) is 28.7 Å². The van der Waals surface area contributed by atoms with Crippen molar-refractivity contribution in [3.05, 3.63) is 34.3 Å². The Kier molecular flexibility index (Phi) is 3.74. The van der Waals surface area contributed by atoms with Gasteiger partial charge in [0.05, 0.1) is 0 Å². The molecule has 0 aliphatic carbocycles. The van der Waals surface area contributed by atoms with Crippen LogP contribution in [0.5, 0.6) is 0 Å². The van der Waals surface area contributed by atoms with E-state index in [0.29, 0.717) is 0 Å². The van der Waals surface area contributed by atoms with Crippen molar-refractivity contribution in [1.82, 2.24) is 5.32 Å².